The maximum Gasteiger partial charge on any atom is 0.313 e. The monoisotopic (exact) mass is 266 g/mol. The summed E-state index contributed by atoms with van der Waals surface area (Å²) in [6.45, 7) is 3.46. The molecule has 0 fully saturated rings. The van der Waals surface area contributed by atoms with E-state index in [-0.39, 0.29) is 18.3 Å². The Morgan fingerprint density at radius 2 is 1.84 bits per heavy atom. The Balaban J connectivity index is 2.91. The summed E-state index contributed by atoms with van der Waals surface area (Å²) in [7, 11) is 2.93. The molecule has 0 saturated heterocycles. The first-order valence-corrected chi connectivity index (χ1v) is 5.93. The highest BCUT2D eigenvalue weighted by Gasteiger charge is 2.20. The smallest absolute Gasteiger partial charge is 0.313 e. The molecule has 0 aliphatic carbocycles. The number of methoxy groups -OCH3 is 2. The lowest BCUT2D eigenvalue weighted by molar-refractivity contribution is -0.146. The number of para-hydroxylation sites is 1. The number of hydrogen-bond acceptors (Lipinski definition) is 5. The van der Waals surface area contributed by atoms with Gasteiger partial charge in [-0.2, -0.15) is 0 Å². The zero-order valence-corrected chi connectivity index (χ0v) is 11.6. The predicted molar refractivity (Wildman–Crippen MR) is 69.7 cm³/mol. The summed E-state index contributed by atoms with van der Waals surface area (Å²) in [5.41, 5.74) is 0.308. The fourth-order valence-electron chi connectivity index (χ4n) is 1.64. The average molecular weight is 266 g/mol. The minimum atomic E-state index is -0.551. The summed E-state index contributed by atoms with van der Waals surface area (Å²) < 4.78 is 15.2. The van der Waals surface area contributed by atoms with E-state index in [0.29, 0.717) is 17.1 Å². The van der Waals surface area contributed by atoms with Crippen molar-refractivity contribution < 1.29 is 23.8 Å². The van der Waals surface area contributed by atoms with Gasteiger partial charge < -0.3 is 14.2 Å². The molecule has 0 saturated carbocycles. The molecule has 5 heteroatoms. The number of rotatable bonds is 6. The molecule has 0 atom stereocenters. The number of ketones is 1. The Morgan fingerprint density at radius 3 is 2.37 bits per heavy atom. The van der Waals surface area contributed by atoms with Gasteiger partial charge in [0.25, 0.3) is 0 Å². The second-order valence-corrected chi connectivity index (χ2v) is 4.18. The third-order valence-electron chi connectivity index (χ3n) is 2.38. The molecule has 1 aromatic rings. The van der Waals surface area contributed by atoms with E-state index in [1.807, 2.05) is 0 Å². The SMILES string of the molecule is COc1cccc(C(=O)CC(=O)OC(C)C)c1OC. The van der Waals surface area contributed by atoms with Gasteiger partial charge in [-0.3, -0.25) is 9.59 Å². The molecule has 0 bridgehead atoms. The first kappa shape index (κ1) is 15.0. The highest BCUT2D eigenvalue weighted by molar-refractivity contribution is 6.08. The molecule has 0 amide bonds. The van der Waals surface area contributed by atoms with E-state index in [1.54, 1.807) is 32.0 Å². The second-order valence-electron chi connectivity index (χ2n) is 4.18. The van der Waals surface area contributed by atoms with Gasteiger partial charge in [0.05, 0.1) is 25.9 Å². The van der Waals surface area contributed by atoms with Gasteiger partial charge >= 0.3 is 5.97 Å². The zero-order chi connectivity index (χ0) is 14.4. The second kappa shape index (κ2) is 6.78. The molecule has 19 heavy (non-hydrogen) atoms. The van der Waals surface area contributed by atoms with Crippen molar-refractivity contribution in [3.05, 3.63) is 23.8 Å². The molecule has 1 rings (SSSR count). The van der Waals surface area contributed by atoms with Crippen molar-refractivity contribution in [2.24, 2.45) is 0 Å². The van der Waals surface area contributed by atoms with Gasteiger partial charge in [-0.25, -0.2) is 0 Å². The summed E-state index contributed by atoms with van der Waals surface area (Å²) in [5.74, 6) is -0.135. The van der Waals surface area contributed by atoms with Gasteiger partial charge in [0.1, 0.15) is 6.42 Å². The van der Waals surface area contributed by atoms with Crippen LogP contribution in [-0.4, -0.2) is 32.1 Å². The molecule has 0 radical (unpaired) electrons. The number of ether oxygens (including phenoxy) is 3. The molecule has 0 heterocycles. The van der Waals surface area contributed by atoms with Crippen LogP contribution in [0.4, 0.5) is 0 Å². The van der Waals surface area contributed by atoms with Crippen molar-refractivity contribution in [2.75, 3.05) is 14.2 Å². The first-order chi connectivity index (χ1) is 8.99. The fraction of sp³-hybridized carbons (Fsp3) is 0.429. The molecule has 0 unspecified atom stereocenters. The van der Waals surface area contributed by atoms with E-state index in [2.05, 4.69) is 0 Å². The molecule has 0 aliphatic rings. The fourth-order valence-corrected chi connectivity index (χ4v) is 1.64. The van der Waals surface area contributed by atoms with Crippen molar-refractivity contribution in [3.63, 3.8) is 0 Å². The lowest BCUT2D eigenvalue weighted by Crippen LogP contribution is -2.16. The molecular weight excluding hydrogens is 248 g/mol. The topological polar surface area (TPSA) is 61.8 Å². The molecule has 0 N–H and O–H groups in total. The summed E-state index contributed by atoms with van der Waals surface area (Å²) in [6.07, 6.45) is -0.561. The van der Waals surface area contributed by atoms with E-state index in [1.165, 1.54) is 14.2 Å². The van der Waals surface area contributed by atoms with Crippen LogP contribution >= 0.6 is 0 Å². The molecular formula is C14H18O5. The minimum Gasteiger partial charge on any atom is -0.493 e. The number of carbonyl (C=O) groups is 2. The Morgan fingerprint density at radius 1 is 1.16 bits per heavy atom. The van der Waals surface area contributed by atoms with Gasteiger partial charge in [0.15, 0.2) is 17.3 Å². The molecule has 0 spiro atoms. The Bertz CT molecular complexity index is 465. The van der Waals surface area contributed by atoms with Crippen molar-refractivity contribution in [1.82, 2.24) is 0 Å². The lowest BCUT2D eigenvalue weighted by atomic mass is 10.1. The largest absolute Gasteiger partial charge is 0.493 e. The van der Waals surface area contributed by atoms with Crippen LogP contribution in [0.3, 0.4) is 0 Å². The van der Waals surface area contributed by atoms with Crippen molar-refractivity contribution in [1.29, 1.82) is 0 Å². The van der Waals surface area contributed by atoms with Gasteiger partial charge in [-0.1, -0.05) is 6.07 Å². The van der Waals surface area contributed by atoms with E-state index >= 15 is 0 Å². The van der Waals surface area contributed by atoms with Crippen molar-refractivity contribution >= 4 is 11.8 Å². The van der Waals surface area contributed by atoms with Gasteiger partial charge in [0.2, 0.25) is 0 Å². The molecule has 104 valence electrons. The van der Waals surface area contributed by atoms with Crippen LogP contribution < -0.4 is 9.47 Å². The summed E-state index contributed by atoms with van der Waals surface area (Å²) >= 11 is 0. The minimum absolute atomic E-state index is 0.243. The number of benzene rings is 1. The van der Waals surface area contributed by atoms with Crippen LogP contribution in [0.1, 0.15) is 30.6 Å². The zero-order valence-electron chi connectivity index (χ0n) is 11.6. The quantitative estimate of drug-likeness (QED) is 0.449. The van der Waals surface area contributed by atoms with E-state index in [4.69, 9.17) is 14.2 Å². The third kappa shape index (κ3) is 3.98. The number of Topliss-reactive ketones (excluding diaryl/α,β-unsaturated/α-hetero) is 1. The van der Waals surface area contributed by atoms with Gasteiger partial charge in [-0.15, -0.1) is 0 Å². The highest BCUT2D eigenvalue weighted by Crippen LogP contribution is 2.31. The summed E-state index contributed by atoms with van der Waals surface area (Å²) in [4.78, 5) is 23.5. The maximum atomic E-state index is 12.0. The molecule has 1 aromatic carbocycles. The van der Waals surface area contributed by atoms with Crippen molar-refractivity contribution in [2.45, 2.75) is 26.4 Å². The van der Waals surface area contributed by atoms with Crippen LogP contribution in [0.2, 0.25) is 0 Å². The standard InChI is InChI=1S/C14H18O5/c1-9(2)19-13(16)8-11(15)10-6-5-7-12(17-3)14(10)18-4/h5-7,9H,8H2,1-4H3. The predicted octanol–water partition coefficient (Wildman–Crippen LogP) is 2.23. The van der Waals surface area contributed by atoms with Crippen molar-refractivity contribution in [3.8, 4) is 11.5 Å². The Hall–Kier alpha value is -2.04. The highest BCUT2D eigenvalue weighted by atomic mass is 16.5. The van der Waals surface area contributed by atoms with Crippen LogP contribution in [-0.2, 0) is 9.53 Å². The van der Waals surface area contributed by atoms with E-state index in [9.17, 15) is 9.59 Å². The lowest BCUT2D eigenvalue weighted by Gasteiger charge is -2.12. The maximum absolute atomic E-state index is 12.0. The third-order valence-corrected chi connectivity index (χ3v) is 2.38. The first-order valence-electron chi connectivity index (χ1n) is 5.93. The summed E-state index contributed by atoms with van der Waals surface area (Å²) in [5, 5.41) is 0. The van der Waals surface area contributed by atoms with Crippen LogP contribution in [0.5, 0.6) is 11.5 Å². The van der Waals surface area contributed by atoms with Gasteiger partial charge in [0, 0.05) is 0 Å². The number of hydrogen-bond donors (Lipinski definition) is 0. The summed E-state index contributed by atoms with van der Waals surface area (Å²) in [6, 6.07) is 4.94. The van der Waals surface area contributed by atoms with E-state index < -0.39 is 5.97 Å². The Labute approximate surface area is 112 Å². The van der Waals surface area contributed by atoms with Crippen LogP contribution in [0.15, 0.2) is 18.2 Å². The average Bonchev–Trinajstić information content (AvgIpc) is 2.36. The number of carbonyl (C=O) groups excluding carboxylic acids is 2. The molecule has 5 nitrogen and oxygen atoms in total. The van der Waals surface area contributed by atoms with Gasteiger partial charge in [-0.05, 0) is 26.0 Å². The van der Waals surface area contributed by atoms with Crippen LogP contribution in [0.25, 0.3) is 0 Å². The normalized spacial score (nSPS) is 10.2. The Kier molecular flexibility index (Phi) is 5.36. The number of esters is 1. The van der Waals surface area contributed by atoms with Crippen LogP contribution in [0, 0.1) is 0 Å². The molecule has 0 aromatic heterocycles. The molecule has 0 aliphatic heterocycles. The van der Waals surface area contributed by atoms with E-state index in [0.717, 1.165) is 0 Å².